The van der Waals surface area contributed by atoms with Crippen molar-refractivity contribution in [3.63, 3.8) is 0 Å². The van der Waals surface area contributed by atoms with Gasteiger partial charge < -0.3 is 10.4 Å². The quantitative estimate of drug-likeness (QED) is 0.879. The molecule has 0 amide bonds. The number of rotatable bonds is 3. The van der Waals surface area contributed by atoms with Crippen LogP contribution in [0.3, 0.4) is 0 Å². The number of carbonyl (C=O) groups is 1. The van der Waals surface area contributed by atoms with Crippen molar-refractivity contribution in [1.29, 1.82) is 0 Å². The van der Waals surface area contributed by atoms with E-state index in [1.807, 2.05) is 0 Å². The van der Waals surface area contributed by atoms with E-state index in [0.717, 1.165) is 12.1 Å². The van der Waals surface area contributed by atoms with E-state index in [1.54, 1.807) is 19.1 Å². The first-order chi connectivity index (χ1) is 9.77. The number of carboxylic acid groups (broad SMARTS) is 1. The number of alkyl halides is 3. The lowest BCUT2D eigenvalue weighted by Gasteiger charge is -2.11. The third-order valence-electron chi connectivity index (χ3n) is 2.97. The SMILES string of the molecule is Cc1ccc(Nc2ccc(C(F)(F)F)cc2)cc1C(=O)O. The van der Waals surface area contributed by atoms with Crippen LogP contribution in [0.2, 0.25) is 0 Å². The predicted octanol–water partition coefficient (Wildman–Crippen LogP) is 4.46. The molecule has 110 valence electrons. The Kier molecular flexibility index (Phi) is 3.88. The molecule has 0 unspecified atom stereocenters. The maximum Gasteiger partial charge on any atom is 0.416 e. The predicted molar refractivity (Wildman–Crippen MR) is 72.9 cm³/mol. The number of hydrogen-bond acceptors (Lipinski definition) is 2. The van der Waals surface area contributed by atoms with Crippen molar-refractivity contribution in [2.75, 3.05) is 5.32 Å². The van der Waals surface area contributed by atoms with Crippen LogP contribution in [0, 0.1) is 6.92 Å². The van der Waals surface area contributed by atoms with Crippen molar-refractivity contribution in [3.8, 4) is 0 Å². The molecular weight excluding hydrogens is 283 g/mol. The minimum absolute atomic E-state index is 0.145. The largest absolute Gasteiger partial charge is 0.478 e. The summed E-state index contributed by atoms with van der Waals surface area (Å²) >= 11 is 0. The molecule has 0 radical (unpaired) electrons. The fraction of sp³-hybridized carbons (Fsp3) is 0.133. The van der Waals surface area contributed by atoms with E-state index in [-0.39, 0.29) is 5.56 Å². The van der Waals surface area contributed by atoms with E-state index in [9.17, 15) is 18.0 Å². The molecule has 2 aromatic carbocycles. The fourth-order valence-corrected chi connectivity index (χ4v) is 1.84. The van der Waals surface area contributed by atoms with Crippen molar-refractivity contribution in [3.05, 3.63) is 59.2 Å². The summed E-state index contributed by atoms with van der Waals surface area (Å²) in [6, 6.07) is 9.26. The average Bonchev–Trinajstić information content (AvgIpc) is 2.40. The van der Waals surface area contributed by atoms with Gasteiger partial charge in [0.25, 0.3) is 0 Å². The van der Waals surface area contributed by atoms with Gasteiger partial charge in [0.15, 0.2) is 0 Å². The van der Waals surface area contributed by atoms with E-state index in [1.165, 1.54) is 18.2 Å². The Balaban J connectivity index is 2.22. The number of carboxylic acids is 1. The topological polar surface area (TPSA) is 49.3 Å². The Morgan fingerprint density at radius 1 is 1.05 bits per heavy atom. The smallest absolute Gasteiger partial charge is 0.416 e. The molecule has 0 saturated carbocycles. The lowest BCUT2D eigenvalue weighted by atomic mass is 10.1. The molecule has 0 aliphatic rings. The Hall–Kier alpha value is -2.50. The molecule has 0 bridgehead atoms. The van der Waals surface area contributed by atoms with Crippen molar-refractivity contribution in [2.45, 2.75) is 13.1 Å². The standard InChI is InChI=1S/C15H12F3NO2/c1-9-2-5-12(8-13(9)14(20)21)19-11-6-3-10(4-7-11)15(16,17)18/h2-8,19H,1H3,(H,20,21). The van der Waals surface area contributed by atoms with Crippen LogP contribution in [0.5, 0.6) is 0 Å². The fourth-order valence-electron chi connectivity index (χ4n) is 1.84. The second-order valence-electron chi connectivity index (χ2n) is 4.53. The highest BCUT2D eigenvalue weighted by Gasteiger charge is 2.29. The van der Waals surface area contributed by atoms with Gasteiger partial charge in [-0.1, -0.05) is 6.07 Å². The van der Waals surface area contributed by atoms with Gasteiger partial charge in [0, 0.05) is 11.4 Å². The molecule has 0 fully saturated rings. The zero-order chi connectivity index (χ0) is 15.6. The van der Waals surface area contributed by atoms with Gasteiger partial charge in [0.2, 0.25) is 0 Å². The van der Waals surface area contributed by atoms with Crippen LogP contribution in [0.4, 0.5) is 24.5 Å². The van der Waals surface area contributed by atoms with Crippen molar-refractivity contribution in [1.82, 2.24) is 0 Å². The summed E-state index contributed by atoms with van der Waals surface area (Å²) in [6.45, 7) is 1.67. The Labute approximate surface area is 119 Å². The van der Waals surface area contributed by atoms with Gasteiger partial charge in [0.05, 0.1) is 11.1 Å². The minimum Gasteiger partial charge on any atom is -0.478 e. The first kappa shape index (κ1) is 14.9. The van der Waals surface area contributed by atoms with E-state index in [0.29, 0.717) is 16.9 Å². The minimum atomic E-state index is -4.38. The average molecular weight is 295 g/mol. The summed E-state index contributed by atoms with van der Waals surface area (Å²) in [6.07, 6.45) is -4.38. The second kappa shape index (κ2) is 5.47. The lowest BCUT2D eigenvalue weighted by Crippen LogP contribution is -2.04. The molecule has 6 heteroatoms. The summed E-state index contributed by atoms with van der Waals surface area (Å²) in [5, 5.41) is 11.9. The molecule has 0 atom stereocenters. The van der Waals surface area contributed by atoms with Gasteiger partial charge in [-0.25, -0.2) is 4.79 Å². The third kappa shape index (κ3) is 3.53. The Morgan fingerprint density at radius 2 is 1.62 bits per heavy atom. The second-order valence-corrected chi connectivity index (χ2v) is 4.53. The van der Waals surface area contributed by atoms with Gasteiger partial charge in [-0.2, -0.15) is 13.2 Å². The van der Waals surface area contributed by atoms with Gasteiger partial charge in [-0.3, -0.25) is 0 Å². The number of halogens is 3. The first-order valence-corrected chi connectivity index (χ1v) is 6.05. The zero-order valence-corrected chi connectivity index (χ0v) is 11.0. The number of aromatic carboxylic acids is 1. The van der Waals surface area contributed by atoms with Crippen LogP contribution < -0.4 is 5.32 Å². The number of hydrogen-bond donors (Lipinski definition) is 2. The molecule has 0 spiro atoms. The number of benzene rings is 2. The zero-order valence-electron chi connectivity index (χ0n) is 11.0. The van der Waals surface area contributed by atoms with Crippen LogP contribution >= 0.6 is 0 Å². The van der Waals surface area contributed by atoms with Crippen molar-refractivity contribution in [2.24, 2.45) is 0 Å². The van der Waals surface area contributed by atoms with Crippen LogP contribution in [0.1, 0.15) is 21.5 Å². The molecule has 0 aromatic heterocycles. The summed E-state index contributed by atoms with van der Waals surface area (Å²) < 4.78 is 37.3. The van der Waals surface area contributed by atoms with Crippen LogP contribution in [-0.2, 0) is 6.18 Å². The van der Waals surface area contributed by atoms with E-state index >= 15 is 0 Å². The Morgan fingerprint density at radius 3 is 2.14 bits per heavy atom. The summed E-state index contributed by atoms with van der Waals surface area (Å²) in [5.41, 5.74) is 0.969. The van der Waals surface area contributed by atoms with Gasteiger partial charge in [0.1, 0.15) is 0 Å². The summed E-state index contributed by atoms with van der Waals surface area (Å²) in [4.78, 5) is 11.0. The van der Waals surface area contributed by atoms with Gasteiger partial charge >= 0.3 is 12.1 Å². The molecule has 2 aromatic rings. The normalized spacial score (nSPS) is 11.2. The number of anilines is 2. The molecule has 3 nitrogen and oxygen atoms in total. The Bertz CT molecular complexity index is 664. The molecule has 21 heavy (non-hydrogen) atoms. The van der Waals surface area contributed by atoms with E-state index in [4.69, 9.17) is 5.11 Å². The van der Waals surface area contributed by atoms with Crippen LogP contribution in [0.25, 0.3) is 0 Å². The molecular formula is C15H12F3NO2. The van der Waals surface area contributed by atoms with Crippen molar-refractivity contribution < 1.29 is 23.1 Å². The van der Waals surface area contributed by atoms with Crippen molar-refractivity contribution >= 4 is 17.3 Å². The molecule has 0 aliphatic heterocycles. The number of aryl methyl sites for hydroxylation is 1. The molecule has 0 saturated heterocycles. The van der Waals surface area contributed by atoms with Crippen LogP contribution in [-0.4, -0.2) is 11.1 Å². The highest BCUT2D eigenvalue weighted by atomic mass is 19.4. The highest BCUT2D eigenvalue weighted by Crippen LogP contribution is 2.30. The van der Waals surface area contributed by atoms with Gasteiger partial charge in [-0.05, 0) is 48.9 Å². The summed E-state index contributed by atoms with van der Waals surface area (Å²) in [5.74, 6) is -1.05. The molecule has 0 heterocycles. The molecule has 2 N–H and O–H groups in total. The monoisotopic (exact) mass is 295 g/mol. The highest BCUT2D eigenvalue weighted by molar-refractivity contribution is 5.90. The summed E-state index contributed by atoms with van der Waals surface area (Å²) in [7, 11) is 0. The van der Waals surface area contributed by atoms with Gasteiger partial charge in [-0.15, -0.1) is 0 Å². The van der Waals surface area contributed by atoms with E-state index in [2.05, 4.69) is 5.32 Å². The van der Waals surface area contributed by atoms with E-state index < -0.39 is 17.7 Å². The maximum absolute atomic E-state index is 12.4. The maximum atomic E-state index is 12.4. The van der Waals surface area contributed by atoms with Crippen LogP contribution in [0.15, 0.2) is 42.5 Å². The molecule has 0 aliphatic carbocycles. The lowest BCUT2D eigenvalue weighted by molar-refractivity contribution is -0.137. The third-order valence-corrected chi connectivity index (χ3v) is 2.97. The first-order valence-electron chi connectivity index (χ1n) is 6.05. The molecule has 2 rings (SSSR count). The number of nitrogens with one attached hydrogen (secondary N) is 1.